The summed E-state index contributed by atoms with van der Waals surface area (Å²) in [5, 5.41) is 3.49. The van der Waals surface area contributed by atoms with Crippen LogP contribution >= 0.6 is 15.9 Å². The number of benzene rings is 1. The maximum Gasteiger partial charge on any atom is 0.0967 e. The summed E-state index contributed by atoms with van der Waals surface area (Å²) in [5.74, 6) is 1.17. The van der Waals surface area contributed by atoms with Crippen LogP contribution in [0.15, 0.2) is 33.7 Å². The molecule has 0 saturated heterocycles. The third-order valence-electron chi connectivity index (χ3n) is 2.88. The van der Waals surface area contributed by atoms with Gasteiger partial charge in [-0.25, -0.2) is 0 Å². The van der Waals surface area contributed by atoms with Gasteiger partial charge in [0.05, 0.1) is 5.84 Å². The van der Waals surface area contributed by atoms with E-state index in [4.69, 9.17) is 0 Å². The van der Waals surface area contributed by atoms with E-state index in [1.165, 1.54) is 24.2 Å². The minimum absolute atomic E-state index is 0.338. The summed E-state index contributed by atoms with van der Waals surface area (Å²) in [6, 6.07) is 8.78. The van der Waals surface area contributed by atoms with Gasteiger partial charge in [-0.2, -0.15) is 0 Å². The summed E-state index contributed by atoms with van der Waals surface area (Å²) in [5.41, 5.74) is 1.30. The van der Waals surface area contributed by atoms with Crippen LogP contribution in [0.4, 0.5) is 0 Å². The lowest BCUT2D eigenvalue weighted by Gasteiger charge is -2.19. The van der Waals surface area contributed by atoms with Gasteiger partial charge in [0.1, 0.15) is 0 Å². The number of aliphatic imine (C=N–C) groups is 1. The van der Waals surface area contributed by atoms with E-state index in [1.807, 2.05) is 0 Å². The number of rotatable bonds is 2. The van der Waals surface area contributed by atoms with Gasteiger partial charge in [-0.05, 0) is 37.5 Å². The van der Waals surface area contributed by atoms with Crippen LogP contribution in [-0.2, 0) is 0 Å². The fourth-order valence-electron chi connectivity index (χ4n) is 1.90. The van der Waals surface area contributed by atoms with E-state index < -0.39 is 0 Å². The molecular formula is C13H17BrN2. The first kappa shape index (κ1) is 11.6. The molecule has 1 aromatic rings. The highest BCUT2D eigenvalue weighted by atomic mass is 79.9. The van der Waals surface area contributed by atoms with Crippen molar-refractivity contribution in [3.05, 3.63) is 34.3 Å². The van der Waals surface area contributed by atoms with Crippen molar-refractivity contribution in [3.63, 3.8) is 0 Å². The van der Waals surface area contributed by atoms with E-state index in [9.17, 15) is 0 Å². The van der Waals surface area contributed by atoms with Crippen LogP contribution in [0, 0.1) is 0 Å². The van der Waals surface area contributed by atoms with Crippen LogP contribution < -0.4 is 5.32 Å². The Balaban J connectivity index is 1.99. The van der Waals surface area contributed by atoms with Crippen molar-refractivity contribution in [1.29, 1.82) is 0 Å². The molecule has 1 heterocycles. The Hall–Kier alpha value is -0.830. The predicted molar refractivity (Wildman–Crippen MR) is 71.8 cm³/mol. The second-order valence-electron chi connectivity index (χ2n) is 4.20. The molecule has 2 nitrogen and oxygen atoms in total. The van der Waals surface area contributed by atoms with Gasteiger partial charge in [-0.15, -0.1) is 0 Å². The Morgan fingerprint density at radius 1 is 1.25 bits per heavy atom. The lowest BCUT2D eigenvalue weighted by Crippen LogP contribution is -2.28. The van der Waals surface area contributed by atoms with Crippen molar-refractivity contribution < 1.29 is 0 Å². The Labute approximate surface area is 105 Å². The summed E-state index contributed by atoms with van der Waals surface area (Å²) < 4.78 is 1.12. The molecule has 0 bridgehead atoms. The Morgan fingerprint density at radius 2 is 2.00 bits per heavy atom. The fourth-order valence-corrected chi connectivity index (χ4v) is 2.16. The zero-order chi connectivity index (χ0) is 11.4. The molecule has 2 rings (SSSR count). The smallest absolute Gasteiger partial charge is 0.0967 e. The third kappa shape index (κ3) is 3.08. The molecule has 0 aromatic heterocycles. The summed E-state index contributed by atoms with van der Waals surface area (Å²) in [7, 11) is 0. The SMILES string of the molecule is C[C@@H](NC1=NCCCC1)c1ccc(Br)cc1. The van der Waals surface area contributed by atoms with Crippen molar-refractivity contribution in [2.24, 2.45) is 4.99 Å². The molecule has 1 aromatic carbocycles. The van der Waals surface area contributed by atoms with E-state index in [0.717, 1.165) is 17.4 Å². The van der Waals surface area contributed by atoms with Gasteiger partial charge >= 0.3 is 0 Å². The lowest BCUT2D eigenvalue weighted by atomic mass is 10.1. The van der Waals surface area contributed by atoms with E-state index in [0.29, 0.717) is 6.04 Å². The first-order chi connectivity index (χ1) is 7.75. The van der Waals surface area contributed by atoms with Gasteiger partial charge in [0.2, 0.25) is 0 Å². The van der Waals surface area contributed by atoms with Crippen molar-refractivity contribution in [1.82, 2.24) is 5.32 Å². The first-order valence-corrected chi connectivity index (χ1v) is 6.60. The quantitative estimate of drug-likeness (QED) is 0.878. The minimum atomic E-state index is 0.338. The maximum atomic E-state index is 4.51. The largest absolute Gasteiger partial charge is 0.367 e. The number of nitrogens with one attached hydrogen (secondary N) is 1. The highest BCUT2D eigenvalue weighted by Gasteiger charge is 2.09. The van der Waals surface area contributed by atoms with Gasteiger partial charge in [0.15, 0.2) is 0 Å². The molecule has 1 aliphatic rings. The molecule has 1 N–H and O–H groups in total. The van der Waals surface area contributed by atoms with E-state index in [2.05, 4.69) is 57.4 Å². The fraction of sp³-hybridized carbons (Fsp3) is 0.462. The van der Waals surface area contributed by atoms with Gasteiger partial charge in [-0.3, -0.25) is 4.99 Å². The van der Waals surface area contributed by atoms with Gasteiger partial charge in [0, 0.05) is 23.5 Å². The monoisotopic (exact) mass is 280 g/mol. The summed E-state index contributed by atoms with van der Waals surface area (Å²) in [4.78, 5) is 4.51. The second-order valence-corrected chi connectivity index (χ2v) is 5.12. The Bertz CT molecular complexity index is 370. The van der Waals surface area contributed by atoms with Crippen LogP contribution in [0.3, 0.4) is 0 Å². The number of amidine groups is 1. The molecule has 3 heteroatoms. The zero-order valence-corrected chi connectivity index (χ0v) is 11.1. The van der Waals surface area contributed by atoms with Crippen LogP contribution in [0.2, 0.25) is 0 Å². The normalized spacial score (nSPS) is 17.8. The number of halogens is 1. The average molecular weight is 281 g/mol. The molecule has 0 radical (unpaired) electrons. The van der Waals surface area contributed by atoms with E-state index in [-0.39, 0.29) is 0 Å². The maximum absolute atomic E-state index is 4.51. The van der Waals surface area contributed by atoms with Crippen LogP contribution in [0.5, 0.6) is 0 Å². The number of hydrogen-bond donors (Lipinski definition) is 1. The van der Waals surface area contributed by atoms with Gasteiger partial charge in [-0.1, -0.05) is 28.1 Å². The minimum Gasteiger partial charge on any atom is -0.367 e. The van der Waals surface area contributed by atoms with E-state index >= 15 is 0 Å². The first-order valence-electron chi connectivity index (χ1n) is 5.81. The summed E-state index contributed by atoms with van der Waals surface area (Å²) in [6.45, 7) is 3.16. The predicted octanol–water partition coefficient (Wildman–Crippen LogP) is 3.68. The van der Waals surface area contributed by atoms with Crippen molar-refractivity contribution in [2.45, 2.75) is 32.2 Å². The Morgan fingerprint density at radius 3 is 2.62 bits per heavy atom. The highest BCUT2D eigenvalue weighted by Crippen LogP contribution is 2.17. The topological polar surface area (TPSA) is 24.4 Å². The van der Waals surface area contributed by atoms with Gasteiger partial charge in [0.25, 0.3) is 0 Å². The van der Waals surface area contributed by atoms with Gasteiger partial charge < -0.3 is 5.32 Å². The van der Waals surface area contributed by atoms with Crippen LogP contribution in [0.25, 0.3) is 0 Å². The van der Waals surface area contributed by atoms with Crippen molar-refractivity contribution in [3.8, 4) is 0 Å². The molecule has 0 aliphatic carbocycles. The molecule has 1 atom stereocenters. The molecule has 0 fully saturated rings. The average Bonchev–Trinajstić information content (AvgIpc) is 2.31. The lowest BCUT2D eigenvalue weighted by molar-refractivity contribution is 0.656. The third-order valence-corrected chi connectivity index (χ3v) is 3.41. The molecule has 16 heavy (non-hydrogen) atoms. The number of hydrogen-bond acceptors (Lipinski definition) is 2. The summed E-state index contributed by atoms with van der Waals surface area (Å²) in [6.07, 6.45) is 3.59. The number of nitrogens with zero attached hydrogens (tertiary/aromatic N) is 1. The zero-order valence-electron chi connectivity index (χ0n) is 9.54. The molecule has 0 saturated carbocycles. The summed E-state index contributed by atoms with van der Waals surface area (Å²) >= 11 is 3.45. The molecule has 86 valence electrons. The molecule has 0 spiro atoms. The highest BCUT2D eigenvalue weighted by molar-refractivity contribution is 9.10. The molecule has 1 aliphatic heterocycles. The molecular weight excluding hydrogens is 264 g/mol. The van der Waals surface area contributed by atoms with Crippen molar-refractivity contribution in [2.75, 3.05) is 6.54 Å². The van der Waals surface area contributed by atoms with Crippen LogP contribution in [-0.4, -0.2) is 12.4 Å². The standard InChI is InChI=1S/C13H17BrN2/c1-10(11-5-7-12(14)8-6-11)16-13-4-2-3-9-15-13/h5-8,10H,2-4,9H2,1H3,(H,15,16)/t10-/m1/s1. The van der Waals surface area contributed by atoms with Crippen molar-refractivity contribution >= 4 is 21.8 Å². The van der Waals surface area contributed by atoms with Crippen LogP contribution in [0.1, 0.15) is 37.8 Å². The molecule has 0 amide bonds. The van der Waals surface area contributed by atoms with E-state index in [1.54, 1.807) is 0 Å². The molecule has 0 unspecified atom stereocenters. The Kier molecular flexibility index (Phi) is 3.99. The second kappa shape index (κ2) is 5.48.